The summed E-state index contributed by atoms with van der Waals surface area (Å²) in [5.41, 5.74) is 12.0. The molecule has 0 heterocycles. The van der Waals surface area contributed by atoms with E-state index < -0.39 is 0 Å². The normalized spacial score (nSPS) is 9.94. The first-order chi connectivity index (χ1) is 8.13. The molecule has 17 heavy (non-hydrogen) atoms. The molecule has 0 bridgehead atoms. The second-order valence-electron chi connectivity index (χ2n) is 3.73. The summed E-state index contributed by atoms with van der Waals surface area (Å²) < 4.78 is 0. The number of hydrogen-bond acceptors (Lipinski definition) is 3. The average molecular weight is 235 g/mol. The van der Waals surface area contributed by atoms with Crippen LogP contribution < -0.4 is 16.8 Å². The summed E-state index contributed by atoms with van der Waals surface area (Å²) >= 11 is 0. The van der Waals surface area contributed by atoms with Gasteiger partial charge in [-0.15, -0.1) is 0 Å². The fraction of sp³-hybridized carbons (Fsp3) is 0.333. The van der Waals surface area contributed by atoms with E-state index in [1.54, 1.807) is 12.1 Å². The number of rotatable bonds is 6. The molecule has 1 rings (SSSR count). The van der Waals surface area contributed by atoms with Gasteiger partial charge in [-0.1, -0.05) is 12.1 Å². The van der Waals surface area contributed by atoms with Gasteiger partial charge in [0.2, 0.25) is 5.91 Å². The van der Waals surface area contributed by atoms with E-state index in [1.165, 1.54) is 0 Å². The molecule has 0 aromatic heterocycles. The van der Waals surface area contributed by atoms with Crippen molar-refractivity contribution in [3.05, 3.63) is 35.4 Å². The monoisotopic (exact) mass is 235 g/mol. The molecular formula is C12H17N3O2. The SMILES string of the molecule is NCc1ccc(C(=O)NCCCC(N)=O)cc1. The zero-order valence-corrected chi connectivity index (χ0v) is 9.61. The Labute approximate surface area is 100 Å². The fourth-order valence-corrected chi connectivity index (χ4v) is 1.36. The zero-order valence-electron chi connectivity index (χ0n) is 9.61. The van der Waals surface area contributed by atoms with Crippen LogP contribution in [0.3, 0.4) is 0 Å². The smallest absolute Gasteiger partial charge is 0.251 e. The molecule has 0 aliphatic rings. The minimum Gasteiger partial charge on any atom is -0.370 e. The molecule has 0 fully saturated rings. The van der Waals surface area contributed by atoms with E-state index in [9.17, 15) is 9.59 Å². The fourth-order valence-electron chi connectivity index (χ4n) is 1.36. The highest BCUT2D eigenvalue weighted by molar-refractivity contribution is 5.94. The van der Waals surface area contributed by atoms with Crippen LogP contribution in [0.2, 0.25) is 0 Å². The largest absolute Gasteiger partial charge is 0.370 e. The molecule has 0 saturated carbocycles. The Bertz CT molecular complexity index is 387. The summed E-state index contributed by atoms with van der Waals surface area (Å²) in [4.78, 5) is 22.1. The Kier molecular flexibility index (Phi) is 5.16. The topological polar surface area (TPSA) is 98.2 Å². The molecule has 2 amide bonds. The molecular weight excluding hydrogens is 218 g/mol. The highest BCUT2D eigenvalue weighted by atomic mass is 16.2. The Morgan fingerprint density at radius 2 is 1.82 bits per heavy atom. The summed E-state index contributed by atoms with van der Waals surface area (Å²) in [6.07, 6.45) is 0.842. The number of nitrogens with two attached hydrogens (primary N) is 2. The number of nitrogens with one attached hydrogen (secondary N) is 1. The average Bonchev–Trinajstić information content (AvgIpc) is 2.34. The van der Waals surface area contributed by atoms with E-state index >= 15 is 0 Å². The summed E-state index contributed by atoms with van der Waals surface area (Å²) in [5, 5.41) is 2.71. The minimum absolute atomic E-state index is 0.155. The van der Waals surface area contributed by atoms with Crippen LogP contribution in [0.4, 0.5) is 0 Å². The van der Waals surface area contributed by atoms with Crippen molar-refractivity contribution in [2.75, 3.05) is 6.54 Å². The molecule has 92 valence electrons. The summed E-state index contributed by atoms with van der Waals surface area (Å²) in [7, 11) is 0. The molecule has 0 aliphatic carbocycles. The van der Waals surface area contributed by atoms with Crippen molar-refractivity contribution in [3.63, 3.8) is 0 Å². The Hall–Kier alpha value is -1.88. The summed E-state index contributed by atoms with van der Waals surface area (Å²) in [5.74, 6) is -0.510. The molecule has 0 spiro atoms. The van der Waals surface area contributed by atoms with Crippen LogP contribution in [-0.4, -0.2) is 18.4 Å². The van der Waals surface area contributed by atoms with Crippen LogP contribution in [0.25, 0.3) is 0 Å². The van der Waals surface area contributed by atoms with Gasteiger partial charge >= 0.3 is 0 Å². The maximum atomic E-state index is 11.6. The molecule has 0 aliphatic heterocycles. The van der Waals surface area contributed by atoms with Crippen molar-refractivity contribution in [1.82, 2.24) is 5.32 Å². The number of benzene rings is 1. The molecule has 5 heteroatoms. The van der Waals surface area contributed by atoms with Crippen molar-refractivity contribution >= 4 is 11.8 Å². The van der Waals surface area contributed by atoms with Crippen molar-refractivity contribution in [1.29, 1.82) is 0 Å². The van der Waals surface area contributed by atoms with Crippen LogP contribution in [0.15, 0.2) is 24.3 Å². The van der Waals surface area contributed by atoms with Gasteiger partial charge in [0.15, 0.2) is 0 Å². The van der Waals surface area contributed by atoms with E-state index in [4.69, 9.17) is 11.5 Å². The Morgan fingerprint density at radius 1 is 1.18 bits per heavy atom. The van der Waals surface area contributed by atoms with Gasteiger partial charge in [-0.2, -0.15) is 0 Å². The lowest BCUT2D eigenvalue weighted by Crippen LogP contribution is -2.25. The summed E-state index contributed by atoms with van der Waals surface area (Å²) in [6, 6.07) is 7.09. The first-order valence-electron chi connectivity index (χ1n) is 5.49. The van der Waals surface area contributed by atoms with E-state index in [1.807, 2.05) is 12.1 Å². The van der Waals surface area contributed by atoms with Gasteiger partial charge < -0.3 is 16.8 Å². The predicted molar refractivity (Wildman–Crippen MR) is 65.1 cm³/mol. The molecule has 5 nitrogen and oxygen atoms in total. The highest BCUT2D eigenvalue weighted by Crippen LogP contribution is 2.03. The van der Waals surface area contributed by atoms with Gasteiger partial charge in [-0.25, -0.2) is 0 Å². The second kappa shape index (κ2) is 6.65. The maximum Gasteiger partial charge on any atom is 0.251 e. The molecule has 1 aromatic carbocycles. The molecule has 0 radical (unpaired) electrons. The van der Waals surface area contributed by atoms with E-state index in [0.717, 1.165) is 5.56 Å². The standard InChI is InChI=1S/C12H17N3O2/c13-8-9-3-5-10(6-4-9)12(17)15-7-1-2-11(14)16/h3-6H,1-2,7-8,13H2,(H2,14,16)(H,15,17). The predicted octanol–water partition coefficient (Wildman–Crippen LogP) is 0.141. The molecule has 0 unspecified atom stereocenters. The quantitative estimate of drug-likeness (QED) is 0.612. The molecule has 5 N–H and O–H groups in total. The van der Waals surface area contributed by atoms with Crippen molar-refractivity contribution < 1.29 is 9.59 Å². The van der Waals surface area contributed by atoms with Crippen LogP contribution >= 0.6 is 0 Å². The molecule has 1 aromatic rings. The number of carbonyl (C=O) groups is 2. The lowest BCUT2D eigenvalue weighted by molar-refractivity contribution is -0.118. The van der Waals surface area contributed by atoms with Crippen LogP contribution in [0.1, 0.15) is 28.8 Å². The number of carbonyl (C=O) groups excluding carboxylic acids is 2. The van der Waals surface area contributed by atoms with Gasteiger partial charge in [0, 0.05) is 25.1 Å². The third-order valence-corrected chi connectivity index (χ3v) is 2.34. The van der Waals surface area contributed by atoms with E-state index in [0.29, 0.717) is 25.1 Å². The second-order valence-corrected chi connectivity index (χ2v) is 3.73. The number of primary amides is 1. The van der Waals surface area contributed by atoms with Gasteiger partial charge in [-0.05, 0) is 24.1 Å². The lowest BCUT2D eigenvalue weighted by Gasteiger charge is -2.05. The number of hydrogen-bond donors (Lipinski definition) is 3. The van der Waals surface area contributed by atoms with Gasteiger partial charge in [0.25, 0.3) is 5.91 Å². The minimum atomic E-state index is -0.355. The first-order valence-corrected chi connectivity index (χ1v) is 5.49. The van der Waals surface area contributed by atoms with E-state index in [-0.39, 0.29) is 18.2 Å². The van der Waals surface area contributed by atoms with Crippen molar-refractivity contribution in [3.8, 4) is 0 Å². The highest BCUT2D eigenvalue weighted by Gasteiger charge is 2.04. The molecule has 0 saturated heterocycles. The third kappa shape index (κ3) is 4.65. The Balaban J connectivity index is 2.38. The van der Waals surface area contributed by atoms with Crippen molar-refractivity contribution in [2.24, 2.45) is 11.5 Å². The maximum absolute atomic E-state index is 11.6. The number of amides is 2. The van der Waals surface area contributed by atoms with Gasteiger partial charge in [0.1, 0.15) is 0 Å². The molecule has 0 atom stereocenters. The lowest BCUT2D eigenvalue weighted by atomic mass is 10.1. The van der Waals surface area contributed by atoms with E-state index in [2.05, 4.69) is 5.32 Å². The van der Waals surface area contributed by atoms with Gasteiger partial charge in [0.05, 0.1) is 0 Å². The Morgan fingerprint density at radius 3 is 2.35 bits per heavy atom. The van der Waals surface area contributed by atoms with Crippen molar-refractivity contribution in [2.45, 2.75) is 19.4 Å². The van der Waals surface area contributed by atoms with Crippen LogP contribution in [0, 0.1) is 0 Å². The summed E-state index contributed by atoms with van der Waals surface area (Å²) in [6.45, 7) is 0.904. The third-order valence-electron chi connectivity index (χ3n) is 2.34. The zero-order chi connectivity index (χ0) is 12.7. The first kappa shape index (κ1) is 13.2. The van der Waals surface area contributed by atoms with Crippen LogP contribution in [-0.2, 0) is 11.3 Å². The van der Waals surface area contributed by atoms with Crippen LogP contribution in [0.5, 0.6) is 0 Å². The van der Waals surface area contributed by atoms with Gasteiger partial charge in [-0.3, -0.25) is 9.59 Å².